The summed E-state index contributed by atoms with van der Waals surface area (Å²) in [6.45, 7) is 0. The second-order valence-electron chi connectivity index (χ2n) is 3.37. The molecule has 0 saturated heterocycles. The fourth-order valence-electron chi connectivity index (χ4n) is 1.54. The van der Waals surface area contributed by atoms with Crippen molar-refractivity contribution in [3.8, 4) is 17.2 Å². The van der Waals surface area contributed by atoms with Crippen LogP contribution in [0.2, 0.25) is 5.15 Å². The van der Waals surface area contributed by atoms with E-state index >= 15 is 0 Å². The minimum absolute atomic E-state index is 0.182. The highest BCUT2D eigenvalue weighted by atomic mass is 35.5. The van der Waals surface area contributed by atoms with Crippen LogP contribution in [-0.2, 0) is 0 Å². The molecule has 2 rings (SSSR count). The van der Waals surface area contributed by atoms with Crippen LogP contribution < -0.4 is 0 Å². The monoisotopic (exact) mass is 242 g/mol. The fraction of sp³-hybridized carbons (Fsp3) is 0. The van der Waals surface area contributed by atoms with Gasteiger partial charge in [0.25, 0.3) is 0 Å². The van der Waals surface area contributed by atoms with E-state index in [4.69, 9.17) is 16.9 Å². The number of aldehydes is 1. The summed E-state index contributed by atoms with van der Waals surface area (Å²) in [5, 5.41) is 8.89. The van der Waals surface area contributed by atoms with Gasteiger partial charge in [0.05, 0.1) is 17.2 Å². The number of hydrogen-bond donors (Lipinski definition) is 0. The predicted molar refractivity (Wildman–Crippen MR) is 64.8 cm³/mol. The van der Waals surface area contributed by atoms with E-state index in [1.807, 2.05) is 6.07 Å². The molecule has 4 heteroatoms. The second-order valence-corrected chi connectivity index (χ2v) is 3.73. The quantitative estimate of drug-likeness (QED) is 0.601. The average Bonchev–Trinajstić information content (AvgIpc) is 2.38. The Bertz CT molecular complexity index is 600. The van der Waals surface area contributed by atoms with Gasteiger partial charge in [0, 0.05) is 6.20 Å². The molecule has 2 aromatic rings. The van der Waals surface area contributed by atoms with E-state index in [1.54, 1.807) is 36.5 Å². The van der Waals surface area contributed by atoms with Gasteiger partial charge >= 0.3 is 0 Å². The summed E-state index contributed by atoms with van der Waals surface area (Å²) in [5.41, 5.74) is 2.47. The molecular formula is C13H7ClN2O. The Hall–Kier alpha value is -2.18. The Morgan fingerprint density at radius 2 is 1.94 bits per heavy atom. The summed E-state index contributed by atoms with van der Waals surface area (Å²) >= 11 is 5.84. The first-order valence-electron chi connectivity index (χ1n) is 4.86. The van der Waals surface area contributed by atoms with Crippen LogP contribution in [0.1, 0.15) is 15.9 Å². The van der Waals surface area contributed by atoms with Crippen LogP contribution in [0.5, 0.6) is 0 Å². The number of nitrogens with zero attached hydrogens (tertiary/aromatic N) is 2. The first-order valence-corrected chi connectivity index (χ1v) is 5.24. The van der Waals surface area contributed by atoms with Crippen molar-refractivity contribution in [2.75, 3.05) is 0 Å². The average molecular weight is 243 g/mol. The normalized spacial score (nSPS) is 9.65. The van der Waals surface area contributed by atoms with Crippen molar-refractivity contribution in [3.05, 3.63) is 52.8 Å². The lowest BCUT2D eigenvalue weighted by Crippen LogP contribution is -1.91. The number of hydrogen-bond acceptors (Lipinski definition) is 3. The molecule has 0 atom stereocenters. The number of aromatic nitrogens is 1. The molecule has 1 heterocycles. The topological polar surface area (TPSA) is 53.8 Å². The molecule has 0 N–H and O–H groups in total. The zero-order valence-corrected chi connectivity index (χ0v) is 9.48. The summed E-state index contributed by atoms with van der Waals surface area (Å²) in [5.74, 6) is 0. The number of benzene rings is 1. The van der Waals surface area contributed by atoms with Crippen LogP contribution in [-0.4, -0.2) is 11.3 Å². The third-order valence-electron chi connectivity index (χ3n) is 2.38. The van der Waals surface area contributed by atoms with E-state index in [9.17, 15) is 4.79 Å². The van der Waals surface area contributed by atoms with Crippen LogP contribution in [0.4, 0.5) is 0 Å². The smallest absolute Gasteiger partial charge is 0.153 e. The minimum atomic E-state index is 0.182. The van der Waals surface area contributed by atoms with Gasteiger partial charge < -0.3 is 0 Å². The van der Waals surface area contributed by atoms with Crippen LogP contribution >= 0.6 is 11.6 Å². The first kappa shape index (κ1) is 11.3. The Morgan fingerprint density at radius 3 is 2.53 bits per heavy atom. The van der Waals surface area contributed by atoms with Gasteiger partial charge in [-0.2, -0.15) is 5.26 Å². The van der Waals surface area contributed by atoms with Crippen molar-refractivity contribution in [3.63, 3.8) is 0 Å². The minimum Gasteiger partial charge on any atom is -0.298 e. The highest BCUT2D eigenvalue weighted by Gasteiger charge is 2.08. The summed E-state index contributed by atoms with van der Waals surface area (Å²) < 4.78 is 0. The van der Waals surface area contributed by atoms with Gasteiger partial charge in [-0.15, -0.1) is 0 Å². The van der Waals surface area contributed by atoms with Gasteiger partial charge in [-0.05, 0) is 29.3 Å². The van der Waals surface area contributed by atoms with Crippen molar-refractivity contribution < 1.29 is 4.79 Å². The maximum Gasteiger partial charge on any atom is 0.153 e. The molecule has 0 bridgehead atoms. The molecule has 0 saturated carbocycles. The van der Waals surface area contributed by atoms with Crippen LogP contribution in [0.15, 0.2) is 36.5 Å². The molecule has 0 spiro atoms. The largest absolute Gasteiger partial charge is 0.298 e. The number of rotatable bonds is 2. The molecule has 0 aliphatic rings. The lowest BCUT2D eigenvalue weighted by atomic mass is 10.0. The summed E-state index contributed by atoms with van der Waals surface area (Å²) in [4.78, 5) is 14.8. The number of carbonyl (C=O) groups excluding carboxylic acids is 1. The lowest BCUT2D eigenvalue weighted by molar-refractivity contribution is 0.112. The molecule has 82 valence electrons. The van der Waals surface area contributed by atoms with E-state index in [0.29, 0.717) is 23.0 Å². The van der Waals surface area contributed by atoms with Crippen molar-refractivity contribution in [1.82, 2.24) is 4.98 Å². The maximum atomic E-state index is 11.0. The number of pyridine rings is 1. The third-order valence-corrected chi connectivity index (χ3v) is 2.69. The lowest BCUT2D eigenvalue weighted by Gasteiger charge is -2.05. The molecule has 0 unspecified atom stereocenters. The zero-order valence-electron chi connectivity index (χ0n) is 8.72. The Kier molecular flexibility index (Phi) is 3.17. The number of carbonyl (C=O) groups is 1. The Labute approximate surface area is 103 Å². The maximum absolute atomic E-state index is 11.0. The zero-order chi connectivity index (χ0) is 12.3. The molecule has 1 aromatic carbocycles. The molecule has 0 aliphatic carbocycles. The highest BCUT2D eigenvalue weighted by Crippen LogP contribution is 2.26. The molecule has 3 nitrogen and oxygen atoms in total. The van der Waals surface area contributed by atoms with Crippen LogP contribution in [0.3, 0.4) is 0 Å². The van der Waals surface area contributed by atoms with Gasteiger partial charge in [0.15, 0.2) is 6.29 Å². The van der Waals surface area contributed by atoms with Crippen LogP contribution in [0.25, 0.3) is 11.1 Å². The van der Waals surface area contributed by atoms with E-state index in [-0.39, 0.29) is 5.15 Å². The van der Waals surface area contributed by atoms with Gasteiger partial charge in [0.2, 0.25) is 0 Å². The number of nitriles is 1. The van der Waals surface area contributed by atoms with Crippen molar-refractivity contribution in [1.29, 1.82) is 5.26 Å². The Balaban J connectivity index is 2.57. The standard InChI is InChI=1S/C13H7ClN2O/c14-13-12(8-17)11(5-6-16-13)10-3-1-9(7-15)2-4-10/h1-6,8H. The molecule has 0 radical (unpaired) electrons. The van der Waals surface area contributed by atoms with E-state index in [0.717, 1.165) is 5.56 Å². The summed E-state index contributed by atoms with van der Waals surface area (Å²) in [7, 11) is 0. The van der Waals surface area contributed by atoms with Crippen LogP contribution in [0, 0.1) is 11.3 Å². The predicted octanol–water partition coefficient (Wildman–Crippen LogP) is 3.09. The fourth-order valence-corrected chi connectivity index (χ4v) is 1.74. The molecule has 1 aromatic heterocycles. The third kappa shape index (κ3) is 2.17. The highest BCUT2D eigenvalue weighted by molar-refractivity contribution is 6.32. The summed E-state index contributed by atoms with van der Waals surface area (Å²) in [6, 6.07) is 10.7. The van der Waals surface area contributed by atoms with Gasteiger partial charge in [-0.1, -0.05) is 23.7 Å². The SMILES string of the molecule is N#Cc1ccc(-c2ccnc(Cl)c2C=O)cc1. The molecule has 0 amide bonds. The molecule has 0 fully saturated rings. The molecule has 17 heavy (non-hydrogen) atoms. The van der Waals surface area contributed by atoms with Gasteiger partial charge in [0.1, 0.15) is 5.15 Å². The van der Waals surface area contributed by atoms with Gasteiger partial charge in [-0.25, -0.2) is 4.98 Å². The number of halogens is 1. The van der Waals surface area contributed by atoms with Gasteiger partial charge in [-0.3, -0.25) is 4.79 Å². The van der Waals surface area contributed by atoms with Crippen molar-refractivity contribution in [2.24, 2.45) is 0 Å². The molecule has 0 aliphatic heterocycles. The first-order chi connectivity index (χ1) is 8.26. The van der Waals surface area contributed by atoms with E-state index in [1.165, 1.54) is 0 Å². The second kappa shape index (κ2) is 4.77. The van der Waals surface area contributed by atoms with Crippen molar-refractivity contribution in [2.45, 2.75) is 0 Å². The Morgan fingerprint density at radius 1 is 1.24 bits per heavy atom. The van der Waals surface area contributed by atoms with Crippen molar-refractivity contribution >= 4 is 17.9 Å². The van der Waals surface area contributed by atoms with E-state index in [2.05, 4.69) is 4.98 Å². The summed E-state index contributed by atoms with van der Waals surface area (Å²) in [6.07, 6.45) is 2.23. The molecular weight excluding hydrogens is 236 g/mol. The van der Waals surface area contributed by atoms with E-state index < -0.39 is 0 Å².